The number of hydrogen-bond donors (Lipinski definition) is 1. The predicted molar refractivity (Wildman–Crippen MR) is 84.0 cm³/mol. The fraction of sp³-hybridized carbons (Fsp3) is 0.333. The number of benzene rings is 1. The van der Waals surface area contributed by atoms with E-state index < -0.39 is 28.1 Å². The highest BCUT2D eigenvalue weighted by atomic mass is 32.2. The number of nitrogens with one attached hydrogen (secondary N) is 1. The van der Waals surface area contributed by atoms with Gasteiger partial charge in [-0.05, 0) is 25.1 Å². The number of methoxy groups -OCH3 is 1. The summed E-state index contributed by atoms with van der Waals surface area (Å²) in [6, 6.07) is 3.18. The molecule has 0 saturated heterocycles. The molecule has 3 rings (SSSR count). The molecule has 0 radical (unpaired) electrons. The summed E-state index contributed by atoms with van der Waals surface area (Å²) in [6.45, 7) is 1.67. The Morgan fingerprint density at radius 2 is 2.17 bits per heavy atom. The lowest BCUT2D eigenvalue weighted by Crippen LogP contribution is -2.41. The van der Waals surface area contributed by atoms with E-state index >= 15 is 0 Å². The molecule has 2 atom stereocenters. The number of carbonyl (C=O) groups excluding carboxylic acids is 2. The summed E-state index contributed by atoms with van der Waals surface area (Å²) in [7, 11) is -2.74. The van der Waals surface area contributed by atoms with E-state index in [0.717, 1.165) is 4.31 Å². The second-order valence-electron chi connectivity index (χ2n) is 5.38. The summed E-state index contributed by atoms with van der Waals surface area (Å²) < 4.78 is 36.7. The molecule has 24 heavy (non-hydrogen) atoms. The van der Waals surface area contributed by atoms with Gasteiger partial charge in [-0.25, -0.2) is 13.2 Å². The first-order valence-corrected chi connectivity index (χ1v) is 8.66. The maximum absolute atomic E-state index is 12.8. The molecular formula is C15H16N2O6S. The third-order valence-electron chi connectivity index (χ3n) is 3.85. The molecule has 0 unspecified atom stereocenters. The first kappa shape index (κ1) is 16.5. The van der Waals surface area contributed by atoms with Crippen molar-refractivity contribution in [1.29, 1.82) is 0 Å². The Balaban J connectivity index is 1.95. The standard InChI is InChI=1S/C15H16N2O6S/c1-9-14(18)16-11-8-10(5-6-13(11)23-9)24(20,21)17-7-3-4-12(17)15(19)22-2/h3-6,8-9,12H,7H2,1-2H3,(H,16,18)/t9-,12+/m1/s1. The highest BCUT2D eigenvalue weighted by molar-refractivity contribution is 7.89. The minimum absolute atomic E-state index is 0.0442. The zero-order chi connectivity index (χ0) is 17.5. The summed E-state index contributed by atoms with van der Waals surface area (Å²) >= 11 is 0. The van der Waals surface area contributed by atoms with Crippen molar-refractivity contribution in [3.63, 3.8) is 0 Å². The monoisotopic (exact) mass is 352 g/mol. The molecule has 0 aliphatic carbocycles. The molecule has 1 aromatic rings. The first-order valence-electron chi connectivity index (χ1n) is 7.22. The van der Waals surface area contributed by atoms with Crippen LogP contribution in [0, 0.1) is 0 Å². The molecule has 1 aromatic carbocycles. The quantitative estimate of drug-likeness (QED) is 0.628. The lowest BCUT2D eigenvalue weighted by Gasteiger charge is -2.25. The second kappa shape index (κ2) is 5.91. The van der Waals surface area contributed by atoms with Gasteiger partial charge in [0.2, 0.25) is 10.0 Å². The van der Waals surface area contributed by atoms with E-state index in [1.807, 2.05) is 0 Å². The van der Waals surface area contributed by atoms with Gasteiger partial charge < -0.3 is 14.8 Å². The Morgan fingerprint density at radius 3 is 2.88 bits per heavy atom. The molecule has 0 bridgehead atoms. The van der Waals surface area contributed by atoms with E-state index in [9.17, 15) is 18.0 Å². The van der Waals surface area contributed by atoms with Crippen LogP contribution in [0.1, 0.15) is 6.92 Å². The molecule has 0 aromatic heterocycles. The van der Waals surface area contributed by atoms with Gasteiger partial charge in [0, 0.05) is 6.54 Å². The predicted octanol–water partition coefficient (Wildman–Crippen LogP) is 0.508. The maximum Gasteiger partial charge on any atom is 0.328 e. The number of carbonyl (C=O) groups is 2. The van der Waals surface area contributed by atoms with Gasteiger partial charge in [0.25, 0.3) is 5.91 Å². The maximum atomic E-state index is 12.8. The fourth-order valence-corrected chi connectivity index (χ4v) is 4.07. The lowest BCUT2D eigenvalue weighted by molar-refractivity contribution is -0.143. The Hall–Kier alpha value is -2.39. The number of hydrogen-bond acceptors (Lipinski definition) is 6. The third kappa shape index (κ3) is 2.65. The Labute approximate surface area is 139 Å². The summed E-state index contributed by atoms with van der Waals surface area (Å²) in [5.74, 6) is -0.617. The van der Waals surface area contributed by atoms with Crippen LogP contribution in [0.2, 0.25) is 0 Å². The molecule has 2 heterocycles. The first-order chi connectivity index (χ1) is 11.3. The van der Waals surface area contributed by atoms with Crippen molar-refractivity contribution in [3.8, 4) is 5.75 Å². The molecule has 8 nitrogen and oxygen atoms in total. The van der Waals surface area contributed by atoms with Crippen LogP contribution in [0.5, 0.6) is 5.75 Å². The normalized spacial score (nSPS) is 23.3. The average molecular weight is 352 g/mol. The van der Waals surface area contributed by atoms with Crippen LogP contribution in [0.25, 0.3) is 0 Å². The molecular weight excluding hydrogens is 336 g/mol. The van der Waals surface area contributed by atoms with E-state index in [-0.39, 0.29) is 23.0 Å². The van der Waals surface area contributed by atoms with Crippen LogP contribution < -0.4 is 10.1 Å². The number of amides is 1. The van der Waals surface area contributed by atoms with Crippen molar-refractivity contribution < 1.29 is 27.5 Å². The van der Waals surface area contributed by atoms with Crippen LogP contribution in [0.15, 0.2) is 35.2 Å². The van der Waals surface area contributed by atoms with Gasteiger partial charge in [-0.2, -0.15) is 4.31 Å². The van der Waals surface area contributed by atoms with E-state index in [1.54, 1.807) is 13.0 Å². The van der Waals surface area contributed by atoms with Crippen LogP contribution in [-0.4, -0.2) is 50.4 Å². The molecule has 1 amide bonds. The van der Waals surface area contributed by atoms with Crippen LogP contribution in [0.4, 0.5) is 5.69 Å². The second-order valence-corrected chi connectivity index (χ2v) is 7.27. The molecule has 128 valence electrons. The SMILES string of the molecule is COC(=O)[C@@H]1C=CCN1S(=O)(=O)c1ccc2c(c1)NC(=O)[C@@H](C)O2. The van der Waals surface area contributed by atoms with Crippen LogP contribution in [0.3, 0.4) is 0 Å². The van der Waals surface area contributed by atoms with E-state index in [0.29, 0.717) is 5.75 Å². The minimum Gasteiger partial charge on any atom is -0.479 e. The number of fused-ring (bicyclic) bond motifs is 1. The molecule has 9 heteroatoms. The van der Waals surface area contributed by atoms with Crippen molar-refractivity contribution in [2.24, 2.45) is 0 Å². The van der Waals surface area contributed by atoms with E-state index in [1.165, 1.54) is 31.4 Å². The lowest BCUT2D eigenvalue weighted by atomic mass is 10.2. The van der Waals surface area contributed by atoms with Crippen molar-refractivity contribution in [2.45, 2.75) is 24.0 Å². The highest BCUT2D eigenvalue weighted by Gasteiger charge is 2.38. The Morgan fingerprint density at radius 1 is 1.42 bits per heavy atom. The Kier molecular flexibility index (Phi) is 4.06. The number of anilines is 1. The van der Waals surface area contributed by atoms with Crippen LogP contribution >= 0.6 is 0 Å². The summed E-state index contributed by atoms with van der Waals surface area (Å²) in [4.78, 5) is 23.4. The van der Waals surface area contributed by atoms with Crippen LogP contribution in [-0.2, 0) is 24.3 Å². The highest BCUT2D eigenvalue weighted by Crippen LogP contribution is 2.33. The molecule has 0 saturated carbocycles. The number of sulfonamides is 1. The van der Waals surface area contributed by atoms with E-state index in [2.05, 4.69) is 10.1 Å². The summed E-state index contributed by atoms with van der Waals surface area (Å²) in [5.41, 5.74) is 0.279. The van der Waals surface area contributed by atoms with Crippen molar-refractivity contribution in [2.75, 3.05) is 19.0 Å². The van der Waals surface area contributed by atoms with Crippen molar-refractivity contribution in [1.82, 2.24) is 4.31 Å². The zero-order valence-corrected chi connectivity index (χ0v) is 13.9. The molecule has 0 spiro atoms. The van der Waals surface area contributed by atoms with Crippen molar-refractivity contribution >= 4 is 27.6 Å². The molecule has 2 aliphatic heterocycles. The van der Waals surface area contributed by atoms with Gasteiger partial charge in [-0.15, -0.1) is 0 Å². The zero-order valence-electron chi connectivity index (χ0n) is 13.1. The van der Waals surface area contributed by atoms with Gasteiger partial charge in [0.05, 0.1) is 17.7 Å². The van der Waals surface area contributed by atoms with Gasteiger partial charge in [-0.3, -0.25) is 4.79 Å². The largest absolute Gasteiger partial charge is 0.479 e. The van der Waals surface area contributed by atoms with Gasteiger partial charge >= 0.3 is 5.97 Å². The number of nitrogens with zero attached hydrogens (tertiary/aromatic N) is 1. The average Bonchev–Trinajstić information content (AvgIpc) is 3.05. The molecule has 1 N–H and O–H groups in total. The number of ether oxygens (including phenoxy) is 2. The van der Waals surface area contributed by atoms with E-state index in [4.69, 9.17) is 4.74 Å². The molecule has 2 aliphatic rings. The smallest absolute Gasteiger partial charge is 0.328 e. The summed E-state index contributed by atoms with van der Waals surface area (Å²) in [5, 5.41) is 2.60. The topological polar surface area (TPSA) is 102 Å². The van der Waals surface area contributed by atoms with Crippen molar-refractivity contribution in [3.05, 3.63) is 30.4 Å². The minimum atomic E-state index is -3.94. The number of esters is 1. The Bertz CT molecular complexity index is 832. The summed E-state index contributed by atoms with van der Waals surface area (Å²) in [6.07, 6.45) is 2.42. The van der Waals surface area contributed by atoms with Gasteiger partial charge in [-0.1, -0.05) is 12.2 Å². The number of rotatable bonds is 3. The third-order valence-corrected chi connectivity index (χ3v) is 5.69. The van der Waals surface area contributed by atoms with Gasteiger partial charge in [0.15, 0.2) is 6.10 Å². The fourth-order valence-electron chi connectivity index (χ4n) is 2.55. The molecule has 0 fully saturated rings. The van der Waals surface area contributed by atoms with Gasteiger partial charge in [0.1, 0.15) is 11.8 Å².